The van der Waals surface area contributed by atoms with Gasteiger partial charge in [-0.2, -0.15) is 0 Å². The molecule has 0 aromatic rings. The third-order valence-electron chi connectivity index (χ3n) is 2.18. The summed E-state index contributed by atoms with van der Waals surface area (Å²) in [5.41, 5.74) is 0. The third kappa shape index (κ3) is 4.43. The highest BCUT2D eigenvalue weighted by Crippen LogP contribution is 2.07. The van der Waals surface area contributed by atoms with Crippen molar-refractivity contribution < 1.29 is 4.74 Å². The van der Waals surface area contributed by atoms with Crippen LogP contribution in [0.3, 0.4) is 0 Å². The standard InChI is InChI=1S/C9H18BrNO/c1-9(10)3-2-4-11-5-7-12-8-6-11/h9H,2-8H2,1H3. The van der Waals surface area contributed by atoms with E-state index in [4.69, 9.17) is 4.74 Å². The molecule has 1 rings (SSSR count). The van der Waals surface area contributed by atoms with Crippen molar-refractivity contribution in [1.29, 1.82) is 0 Å². The summed E-state index contributed by atoms with van der Waals surface area (Å²) in [5.74, 6) is 0. The molecule has 3 heteroatoms. The molecule has 0 bridgehead atoms. The van der Waals surface area contributed by atoms with Crippen molar-refractivity contribution in [2.75, 3.05) is 32.8 Å². The molecule has 0 N–H and O–H groups in total. The predicted molar refractivity (Wildman–Crippen MR) is 54.9 cm³/mol. The minimum Gasteiger partial charge on any atom is -0.379 e. The Kier molecular flexibility index (Phi) is 5.19. The second kappa shape index (κ2) is 5.95. The molecule has 0 aromatic carbocycles. The Morgan fingerprint density at radius 3 is 2.67 bits per heavy atom. The largest absolute Gasteiger partial charge is 0.379 e. The van der Waals surface area contributed by atoms with Crippen LogP contribution in [0.5, 0.6) is 0 Å². The lowest BCUT2D eigenvalue weighted by molar-refractivity contribution is 0.0372. The molecular formula is C9H18BrNO. The van der Waals surface area contributed by atoms with Gasteiger partial charge in [0.25, 0.3) is 0 Å². The van der Waals surface area contributed by atoms with Gasteiger partial charge in [-0.05, 0) is 19.4 Å². The lowest BCUT2D eigenvalue weighted by Gasteiger charge is -2.26. The van der Waals surface area contributed by atoms with Crippen LogP contribution in [-0.4, -0.2) is 42.6 Å². The topological polar surface area (TPSA) is 12.5 Å². The van der Waals surface area contributed by atoms with Crippen molar-refractivity contribution in [2.45, 2.75) is 24.6 Å². The van der Waals surface area contributed by atoms with Crippen molar-refractivity contribution in [2.24, 2.45) is 0 Å². The normalized spacial score (nSPS) is 22.5. The molecule has 0 spiro atoms. The second-order valence-electron chi connectivity index (χ2n) is 3.38. The van der Waals surface area contributed by atoms with E-state index in [1.54, 1.807) is 0 Å². The molecule has 1 unspecified atom stereocenters. The minimum atomic E-state index is 0.665. The lowest BCUT2D eigenvalue weighted by atomic mass is 10.2. The molecule has 0 radical (unpaired) electrons. The fraction of sp³-hybridized carbons (Fsp3) is 1.00. The Bertz CT molecular complexity index is 113. The van der Waals surface area contributed by atoms with E-state index in [1.807, 2.05) is 0 Å². The van der Waals surface area contributed by atoms with Gasteiger partial charge in [0.1, 0.15) is 0 Å². The molecule has 1 saturated heterocycles. The van der Waals surface area contributed by atoms with E-state index in [0.717, 1.165) is 26.3 Å². The fourth-order valence-electron chi connectivity index (χ4n) is 1.42. The summed E-state index contributed by atoms with van der Waals surface area (Å²) in [5, 5.41) is 0. The van der Waals surface area contributed by atoms with Crippen molar-refractivity contribution >= 4 is 15.9 Å². The molecule has 72 valence electrons. The Hall–Kier alpha value is 0.400. The summed E-state index contributed by atoms with van der Waals surface area (Å²) in [6, 6.07) is 0. The van der Waals surface area contributed by atoms with Crippen LogP contribution in [0, 0.1) is 0 Å². The number of halogens is 1. The van der Waals surface area contributed by atoms with Crippen LogP contribution in [-0.2, 0) is 4.74 Å². The molecule has 0 saturated carbocycles. The number of alkyl halides is 1. The highest BCUT2D eigenvalue weighted by molar-refractivity contribution is 9.09. The zero-order valence-electron chi connectivity index (χ0n) is 7.76. The van der Waals surface area contributed by atoms with E-state index in [2.05, 4.69) is 27.8 Å². The maximum Gasteiger partial charge on any atom is 0.0594 e. The first kappa shape index (κ1) is 10.5. The number of nitrogens with zero attached hydrogens (tertiary/aromatic N) is 1. The van der Waals surface area contributed by atoms with E-state index in [-0.39, 0.29) is 0 Å². The zero-order chi connectivity index (χ0) is 8.81. The van der Waals surface area contributed by atoms with E-state index in [9.17, 15) is 0 Å². The summed E-state index contributed by atoms with van der Waals surface area (Å²) < 4.78 is 5.28. The molecular weight excluding hydrogens is 218 g/mol. The molecule has 1 atom stereocenters. The molecule has 1 aliphatic rings. The first-order valence-electron chi connectivity index (χ1n) is 4.73. The third-order valence-corrected chi connectivity index (χ3v) is 2.64. The van der Waals surface area contributed by atoms with Crippen molar-refractivity contribution in [3.63, 3.8) is 0 Å². The van der Waals surface area contributed by atoms with E-state index in [1.165, 1.54) is 19.4 Å². The summed E-state index contributed by atoms with van der Waals surface area (Å²) in [6.45, 7) is 7.53. The Labute approximate surface area is 83.4 Å². The minimum absolute atomic E-state index is 0.665. The van der Waals surface area contributed by atoms with Crippen LogP contribution in [0.15, 0.2) is 0 Å². The van der Waals surface area contributed by atoms with Gasteiger partial charge >= 0.3 is 0 Å². The smallest absolute Gasteiger partial charge is 0.0594 e. The van der Waals surface area contributed by atoms with E-state index >= 15 is 0 Å². The van der Waals surface area contributed by atoms with Crippen LogP contribution < -0.4 is 0 Å². The number of ether oxygens (including phenoxy) is 1. The quantitative estimate of drug-likeness (QED) is 0.691. The van der Waals surface area contributed by atoms with Gasteiger partial charge in [-0.1, -0.05) is 22.9 Å². The summed E-state index contributed by atoms with van der Waals surface area (Å²) in [7, 11) is 0. The first-order chi connectivity index (χ1) is 5.79. The van der Waals surface area contributed by atoms with Crippen molar-refractivity contribution in [3.05, 3.63) is 0 Å². The average molecular weight is 236 g/mol. The number of morpholine rings is 1. The number of hydrogen-bond acceptors (Lipinski definition) is 2. The fourth-order valence-corrected chi connectivity index (χ4v) is 1.74. The average Bonchev–Trinajstić information content (AvgIpc) is 2.05. The lowest BCUT2D eigenvalue weighted by Crippen LogP contribution is -2.36. The Morgan fingerprint density at radius 2 is 2.08 bits per heavy atom. The van der Waals surface area contributed by atoms with Crippen molar-refractivity contribution in [1.82, 2.24) is 4.90 Å². The van der Waals surface area contributed by atoms with Gasteiger partial charge in [-0.3, -0.25) is 4.90 Å². The van der Waals surface area contributed by atoms with Crippen LogP contribution in [0.2, 0.25) is 0 Å². The Balaban J connectivity index is 1.98. The first-order valence-corrected chi connectivity index (χ1v) is 5.65. The maximum absolute atomic E-state index is 5.28. The second-order valence-corrected chi connectivity index (χ2v) is 4.94. The SMILES string of the molecule is CC(Br)CCCN1CCOCC1. The predicted octanol–water partition coefficient (Wildman–Crippen LogP) is 1.88. The summed E-state index contributed by atoms with van der Waals surface area (Å²) in [4.78, 5) is 3.15. The zero-order valence-corrected chi connectivity index (χ0v) is 9.35. The molecule has 0 aromatic heterocycles. The van der Waals surface area contributed by atoms with Gasteiger partial charge in [0.2, 0.25) is 0 Å². The highest BCUT2D eigenvalue weighted by atomic mass is 79.9. The van der Waals surface area contributed by atoms with Gasteiger partial charge in [0.15, 0.2) is 0 Å². The maximum atomic E-state index is 5.28. The van der Waals surface area contributed by atoms with Crippen molar-refractivity contribution in [3.8, 4) is 0 Å². The van der Waals surface area contributed by atoms with Gasteiger partial charge in [-0.15, -0.1) is 0 Å². The highest BCUT2D eigenvalue weighted by Gasteiger charge is 2.09. The molecule has 12 heavy (non-hydrogen) atoms. The molecule has 0 amide bonds. The van der Waals surface area contributed by atoms with Gasteiger partial charge in [0, 0.05) is 17.9 Å². The monoisotopic (exact) mass is 235 g/mol. The van der Waals surface area contributed by atoms with Crippen LogP contribution >= 0.6 is 15.9 Å². The summed E-state index contributed by atoms with van der Waals surface area (Å²) in [6.07, 6.45) is 2.57. The van der Waals surface area contributed by atoms with Crippen LogP contribution in [0.1, 0.15) is 19.8 Å². The van der Waals surface area contributed by atoms with Crippen LogP contribution in [0.25, 0.3) is 0 Å². The molecule has 1 aliphatic heterocycles. The number of rotatable bonds is 4. The molecule has 1 fully saturated rings. The summed E-state index contributed by atoms with van der Waals surface area (Å²) >= 11 is 3.56. The van der Waals surface area contributed by atoms with Gasteiger partial charge in [-0.25, -0.2) is 0 Å². The Morgan fingerprint density at radius 1 is 1.42 bits per heavy atom. The molecule has 0 aliphatic carbocycles. The van der Waals surface area contributed by atoms with E-state index < -0.39 is 0 Å². The van der Waals surface area contributed by atoms with Gasteiger partial charge in [0.05, 0.1) is 13.2 Å². The van der Waals surface area contributed by atoms with E-state index in [0.29, 0.717) is 4.83 Å². The molecule has 1 heterocycles. The van der Waals surface area contributed by atoms with Gasteiger partial charge < -0.3 is 4.74 Å². The molecule has 2 nitrogen and oxygen atoms in total. The number of hydrogen-bond donors (Lipinski definition) is 0. The van der Waals surface area contributed by atoms with Crippen LogP contribution in [0.4, 0.5) is 0 Å².